The first-order chi connectivity index (χ1) is 7.81. The van der Waals surface area contributed by atoms with Crippen molar-refractivity contribution in [3.8, 4) is 0 Å². The Hall–Kier alpha value is -1.80. The Morgan fingerprint density at radius 3 is 2.69 bits per heavy atom. The molecule has 1 heterocycles. The van der Waals surface area contributed by atoms with Gasteiger partial charge >= 0.3 is 0 Å². The first kappa shape index (κ1) is 10.7. The average Bonchev–Trinajstić information content (AvgIpc) is 2.31. The van der Waals surface area contributed by atoms with E-state index in [9.17, 15) is 0 Å². The van der Waals surface area contributed by atoms with Crippen LogP contribution in [0, 0.1) is 0 Å². The maximum Gasteiger partial charge on any atom is 0.0455 e. The van der Waals surface area contributed by atoms with Gasteiger partial charge in [-0.15, -0.1) is 0 Å². The van der Waals surface area contributed by atoms with E-state index in [1.54, 1.807) is 0 Å². The Balaban J connectivity index is 2.34. The lowest BCUT2D eigenvalue weighted by Crippen LogP contribution is -2.25. The van der Waals surface area contributed by atoms with Gasteiger partial charge in [-0.25, -0.2) is 0 Å². The fourth-order valence-corrected chi connectivity index (χ4v) is 1.73. The van der Waals surface area contributed by atoms with Crippen molar-refractivity contribution in [1.29, 1.82) is 0 Å². The number of anilines is 1. The fraction of sp³-hybridized carbons (Fsp3) is 0.143. The molecule has 2 N–H and O–H groups in total. The number of nitrogens with two attached hydrogens (primary N) is 1. The average molecular weight is 212 g/mol. The summed E-state index contributed by atoms with van der Waals surface area (Å²) in [5.41, 5.74) is 8.13. The van der Waals surface area contributed by atoms with Crippen molar-refractivity contribution in [2.75, 3.05) is 4.90 Å². The molecule has 0 spiro atoms. The van der Waals surface area contributed by atoms with Crippen molar-refractivity contribution in [2.24, 2.45) is 5.73 Å². The van der Waals surface area contributed by atoms with Crippen molar-refractivity contribution < 1.29 is 0 Å². The Labute approximate surface area is 96.4 Å². The SMILES string of the molecule is CC=CC1=CC(N)C=CN1c1ccccc1. The van der Waals surface area contributed by atoms with Crippen LogP contribution in [0.25, 0.3) is 0 Å². The van der Waals surface area contributed by atoms with Crippen LogP contribution in [0.3, 0.4) is 0 Å². The molecule has 1 aliphatic heterocycles. The van der Waals surface area contributed by atoms with Crippen LogP contribution in [0.4, 0.5) is 5.69 Å². The number of allylic oxidation sites excluding steroid dienone is 2. The van der Waals surface area contributed by atoms with E-state index in [1.165, 1.54) is 0 Å². The van der Waals surface area contributed by atoms with Gasteiger partial charge in [0.1, 0.15) is 0 Å². The molecule has 2 nitrogen and oxygen atoms in total. The minimum absolute atomic E-state index is 0.00571. The summed E-state index contributed by atoms with van der Waals surface area (Å²) in [5, 5.41) is 0. The van der Waals surface area contributed by atoms with Crippen molar-refractivity contribution >= 4 is 5.69 Å². The smallest absolute Gasteiger partial charge is 0.0455 e. The fourth-order valence-electron chi connectivity index (χ4n) is 1.73. The Bertz CT molecular complexity index is 429. The second kappa shape index (κ2) is 4.81. The predicted octanol–water partition coefficient (Wildman–Crippen LogP) is 2.81. The Kier molecular flexibility index (Phi) is 3.22. The van der Waals surface area contributed by atoms with Gasteiger partial charge in [-0.3, -0.25) is 0 Å². The third-order valence-corrected chi connectivity index (χ3v) is 2.47. The third-order valence-electron chi connectivity index (χ3n) is 2.47. The van der Waals surface area contributed by atoms with Crippen LogP contribution in [-0.2, 0) is 0 Å². The molecule has 0 amide bonds. The topological polar surface area (TPSA) is 29.3 Å². The van der Waals surface area contributed by atoms with Gasteiger partial charge < -0.3 is 10.6 Å². The molecule has 0 saturated carbocycles. The highest BCUT2D eigenvalue weighted by atomic mass is 15.1. The van der Waals surface area contributed by atoms with E-state index in [1.807, 2.05) is 49.6 Å². The highest BCUT2D eigenvalue weighted by molar-refractivity contribution is 5.59. The predicted molar refractivity (Wildman–Crippen MR) is 68.9 cm³/mol. The molecular weight excluding hydrogens is 196 g/mol. The second-order valence-corrected chi connectivity index (χ2v) is 3.72. The van der Waals surface area contributed by atoms with E-state index in [4.69, 9.17) is 5.73 Å². The molecule has 82 valence electrons. The van der Waals surface area contributed by atoms with Gasteiger partial charge in [0, 0.05) is 23.6 Å². The van der Waals surface area contributed by atoms with Crippen LogP contribution >= 0.6 is 0 Å². The second-order valence-electron chi connectivity index (χ2n) is 3.72. The molecule has 0 aliphatic carbocycles. The maximum absolute atomic E-state index is 5.87. The minimum atomic E-state index is 0.00571. The van der Waals surface area contributed by atoms with E-state index < -0.39 is 0 Å². The highest BCUT2D eigenvalue weighted by Crippen LogP contribution is 2.23. The Morgan fingerprint density at radius 2 is 2.00 bits per heavy atom. The standard InChI is InChI=1S/C14H16N2/c1-2-6-14-11-12(15)9-10-16(14)13-7-4-3-5-8-13/h2-12H,15H2,1H3. The van der Waals surface area contributed by atoms with E-state index in [2.05, 4.69) is 23.1 Å². The van der Waals surface area contributed by atoms with Crippen LogP contribution in [0.2, 0.25) is 0 Å². The summed E-state index contributed by atoms with van der Waals surface area (Å²) in [7, 11) is 0. The van der Waals surface area contributed by atoms with Crippen LogP contribution in [0.15, 0.2) is 66.5 Å². The molecule has 0 radical (unpaired) electrons. The molecule has 1 aromatic rings. The van der Waals surface area contributed by atoms with Gasteiger partial charge in [0.15, 0.2) is 0 Å². The zero-order valence-electron chi connectivity index (χ0n) is 9.38. The van der Waals surface area contributed by atoms with Gasteiger partial charge in [-0.05, 0) is 37.3 Å². The van der Waals surface area contributed by atoms with Crippen molar-refractivity contribution in [3.05, 3.63) is 66.5 Å². The van der Waals surface area contributed by atoms with E-state index in [0.29, 0.717) is 0 Å². The minimum Gasteiger partial charge on any atom is -0.321 e. The van der Waals surface area contributed by atoms with Crippen LogP contribution in [0.5, 0.6) is 0 Å². The summed E-state index contributed by atoms with van der Waals surface area (Å²) in [6, 6.07) is 10.3. The normalized spacial score (nSPS) is 20.2. The summed E-state index contributed by atoms with van der Waals surface area (Å²) >= 11 is 0. The number of rotatable bonds is 2. The lowest BCUT2D eigenvalue weighted by atomic mass is 10.1. The molecule has 0 aromatic heterocycles. The van der Waals surface area contributed by atoms with E-state index in [0.717, 1.165) is 11.4 Å². The lowest BCUT2D eigenvalue weighted by Gasteiger charge is -2.26. The first-order valence-electron chi connectivity index (χ1n) is 5.44. The van der Waals surface area contributed by atoms with Gasteiger partial charge in [0.2, 0.25) is 0 Å². The molecule has 1 unspecified atom stereocenters. The largest absolute Gasteiger partial charge is 0.321 e. The summed E-state index contributed by atoms with van der Waals surface area (Å²) in [6.07, 6.45) is 10.1. The number of benzene rings is 1. The van der Waals surface area contributed by atoms with Crippen LogP contribution in [0.1, 0.15) is 6.92 Å². The van der Waals surface area contributed by atoms with E-state index >= 15 is 0 Å². The molecule has 16 heavy (non-hydrogen) atoms. The number of hydrogen-bond acceptors (Lipinski definition) is 2. The lowest BCUT2D eigenvalue weighted by molar-refractivity contribution is 0.965. The highest BCUT2D eigenvalue weighted by Gasteiger charge is 2.11. The summed E-state index contributed by atoms with van der Waals surface area (Å²) in [4.78, 5) is 2.13. The molecule has 0 saturated heterocycles. The molecule has 2 rings (SSSR count). The van der Waals surface area contributed by atoms with Gasteiger partial charge in [0.25, 0.3) is 0 Å². The van der Waals surface area contributed by atoms with Gasteiger partial charge in [-0.1, -0.05) is 24.3 Å². The van der Waals surface area contributed by atoms with Crippen molar-refractivity contribution in [2.45, 2.75) is 13.0 Å². The molecular formula is C14H16N2. The number of nitrogens with zero attached hydrogens (tertiary/aromatic N) is 1. The molecule has 1 atom stereocenters. The molecule has 0 bridgehead atoms. The number of hydrogen-bond donors (Lipinski definition) is 1. The monoisotopic (exact) mass is 212 g/mol. The van der Waals surface area contributed by atoms with Crippen LogP contribution in [-0.4, -0.2) is 6.04 Å². The first-order valence-corrected chi connectivity index (χ1v) is 5.44. The summed E-state index contributed by atoms with van der Waals surface area (Å²) < 4.78 is 0. The van der Waals surface area contributed by atoms with Gasteiger partial charge in [-0.2, -0.15) is 0 Å². The van der Waals surface area contributed by atoms with Gasteiger partial charge in [0.05, 0.1) is 0 Å². The third kappa shape index (κ3) is 2.23. The van der Waals surface area contributed by atoms with E-state index in [-0.39, 0.29) is 6.04 Å². The zero-order chi connectivity index (χ0) is 11.4. The zero-order valence-corrected chi connectivity index (χ0v) is 9.38. The molecule has 1 aliphatic rings. The molecule has 2 heteroatoms. The quantitative estimate of drug-likeness (QED) is 0.816. The van der Waals surface area contributed by atoms with Crippen molar-refractivity contribution in [1.82, 2.24) is 0 Å². The molecule has 0 fully saturated rings. The van der Waals surface area contributed by atoms with Crippen molar-refractivity contribution in [3.63, 3.8) is 0 Å². The number of para-hydroxylation sites is 1. The Morgan fingerprint density at radius 1 is 1.25 bits per heavy atom. The molecule has 1 aromatic carbocycles. The maximum atomic E-state index is 5.87. The van der Waals surface area contributed by atoms with Crippen LogP contribution < -0.4 is 10.6 Å². The summed E-state index contributed by atoms with van der Waals surface area (Å²) in [5.74, 6) is 0. The summed E-state index contributed by atoms with van der Waals surface area (Å²) in [6.45, 7) is 2.01.